The fraction of sp³-hybridized carbons (Fsp3) is 1.00. The van der Waals surface area contributed by atoms with Crippen LogP contribution in [0.25, 0.3) is 0 Å². The third-order valence-corrected chi connectivity index (χ3v) is 3.11. The van der Waals surface area contributed by atoms with Gasteiger partial charge in [0.2, 0.25) is 0 Å². The van der Waals surface area contributed by atoms with E-state index in [2.05, 4.69) is 11.2 Å². The van der Waals surface area contributed by atoms with Crippen molar-refractivity contribution in [2.45, 2.75) is 11.8 Å². The van der Waals surface area contributed by atoms with Crippen LogP contribution in [0.15, 0.2) is 0 Å². The first-order valence-electron chi connectivity index (χ1n) is 1.93. The van der Waals surface area contributed by atoms with Crippen LogP contribution >= 0.6 is 17.7 Å². The summed E-state index contributed by atoms with van der Waals surface area (Å²) in [4.78, 5) is 0. The summed E-state index contributed by atoms with van der Waals surface area (Å²) >= 11 is 3.79. The topological polar surface area (TPSA) is 17.1 Å². The zero-order valence-electron chi connectivity index (χ0n) is 4.50. The van der Waals surface area contributed by atoms with E-state index in [1.807, 2.05) is 0 Å². The van der Waals surface area contributed by atoms with Gasteiger partial charge in [0.15, 0.2) is 0 Å². The van der Waals surface area contributed by atoms with Crippen molar-refractivity contribution in [1.29, 1.82) is 0 Å². The number of hydrogen-bond acceptors (Lipinski definition) is 1. The normalized spacial score (nSPS) is 15.2. The van der Waals surface area contributed by atoms with E-state index in [9.17, 15) is 30.9 Å². The fourth-order valence-corrected chi connectivity index (χ4v) is 0.431. The third-order valence-electron chi connectivity index (χ3n) is 0.652. The minimum Gasteiger partial charge on any atom is -0.287 e. The smallest absolute Gasteiger partial charge is 0.287 e. The summed E-state index contributed by atoms with van der Waals surface area (Å²) in [5.74, 6) is -11.8. The molecule has 0 atom stereocenters. The molecule has 9 heteroatoms. The van der Waals surface area contributed by atoms with Gasteiger partial charge in [-0.15, -0.1) is 0 Å². The van der Waals surface area contributed by atoms with Crippen LogP contribution in [-0.2, 0) is 4.57 Å². The van der Waals surface area contributed by atoms with Gasteiger partial charge in [0, 0.05) is 0 Å². The van der Waals surface area contributed by atoms with Crippen molar-refractivity contribution in [3.8, 4) is 0 Å². The summed E-state index contributed by atoms with van der Waals surface area (Å²) in [5, 5.41) is 0. The second-order valence-electron chi connectivity index (χ2n) is 1.47. The Balaban J connectivity index is 4.92. The molecule has 0 aromatic heterocycles. The van der Waals surface area contributed by atoms with Crippen LogP contribution in [0.3, 0.4) is 0 Å². The summed E-state index contributed by atoms with van der Waals surface area (Å²) in [5.41, 5.74) is 0. The van der Waals surface area contributed by atoms with Gasteiger partial charge in [-0.1, -0.05) is 0 Å². The second-order valence-corrected chi connectivity index (χ2v) is 4.98. The zero-order valence-corrected chi connectivity index (χ0v) is 6.15. The SMILES string of the molecule is O=P(Cl)(C(F)(F)F)C(F)(F)F. The lowest BCUT2D eigenvalue weighted by molar-refractivity contribution is -0.0896. The lowest BCUT2D eigenvalue weighted by Gasteiger charge is -2.16. The van der Waals surface area contributed by atoms with Crippen molar-refractivity contribution in [2.24, 2.45) is 0 Å². The summed E-state index contributed by atoms with van der Waals surface area (Å²) in [6.45, 7) is -6.59. The van der Waals surface area contributed by atoms with Crippen LogP contribution in [0, 0.1) is 0 Å². The first-order valence-corrected chi connectivity index (χ1v) is 4.54. The van der Waals surface area contributed by atoms with Gasteiger partial charge in [0.05, 0.1) is 0 Å². The van der Waals surface area contributed by atoms with E-state index in [0.29, 0.717) is 0 Å². The van der Waals surface area contributed by atoms with Gasteiger partial charge in [-0.2, -0.15) is 26.3 Å². The molecule has 0 radical (unpaired) electrons. The van der Waals surface area contributed by atoms with E-state index in [4.69, 9.17) is 0 Å². The molecule has 0 saturated carbocycles. The Hall–Kier alpha value is 0.100. The summed E-state index contributed by atoms with van der Waals surface area (Å²) in [7, 11) is 0. The number of halogens is 7. The summed E-state index contributed by atoms with van der Waals surface area (Å²) in [6, 6.07) is 0. The Morgan fingerprint density at radius 1 is 0.909 bits per heavy atom. The quantitative estimate of drug-likeness (QED) is 0.451. The monoisotopic (exact) mass is 220 g/mol. The van der Waals surface area contributed by atoms with E-state index < -0.39 is 18.3 Å². The van der Waals surface area contributed by atoms with E-state index in [1.165, 1.54) is 0 Å². The van der Waals surface area contributed by atoms with Crippen molar-refractivity contribution in [2.75, 3.05) is 0 Å². The molecule has 0 saturated heterocycles. The Kier molecular flexibility index (Phi) is 2.58. The lowest BCUT2D eigenvalue weighted by atomic mass is 11.5. The minimum atomic E-state index is -6.59. The molecule has 68 valence electrons. The highest BCUT2D eigenvalue weighted by molar-refractivity contribution is 7.90. The number of hydrogen-bond donors (Lipinski definition) is 0. The molecule has 0 spiro atoms. The second kappa shape index (κ2) is 2.55. The van der Waals surface area contributed by atoms with Crippen LogP contribution in [-0.4, -0.2) is 11.8 Å². The highest BCUT2D eigenvalue weighted by Gasteiger charge is 2.67. The average Bonchev–Trinajstić information content (AvgIpc) is 1.58. The molecule has 0 rings (SSSR count). The molecule has 1 nitrogen and oxygen atoms in total. The molecule has 0 aliphatic rings. The molecule has 0 amide bonds. The van der Waals surface area contributed by atoms with E-state index in [1.54, 1.807) is 0 Å². The molecular formula is C2ClF6OP. The van der Waals surface area contributed by atoms with Crippen LogP contribution in [0.2, 0.25) is 0 Å². The molecule has 0 aliphatic carbocycles. The molecule has 0 bridgehead atoms. The van der Waals surface area contributed by atoms with Crippen LogP contribution in [0.5, 0.6) is 0 Å². The van der Waals surface area contributed by atoms with Crippen LogP contribution in [0.4, 0.5) is 26.3 Å². The van der Waals surface area contributed by atoms with Gasteiger partial charge in [0.25, 0.3) is 0 Å². The first kappa shape index (κ1) is 11.1. The molecule has 0 heterocycles. The molecule has 0 unspecified atom stereocenters. The lowest BCUT2D eigenvalue weighted by Crippen LogP contribution is -2.18. The molecule has 0 aromatic carbocycles. The van der Waals surface area contributed by atoms with E-state index in [0.717, 1.165) is 0 Å². The van der Waals surface area contributed by atoms with Crippen LogP contribution < -0.4 is 0 Å². The summed E-state index contributed by atoms with van der Waals surface area (Å²) < 4.78 is 77.1. The Bertz CT molecular complexity index is 174. The van der Waals surface area contributed by atoms with E-state index >= 15 is 0 Å². The maximum atomic E-state index is 11.2. The van der Waals surface area contributed by atoms with Gasteiger partial charge < -0.3 is 0 Å². The van der Waals surface area contributed by atoms with Gasteiger partial charge in [-0.25, -0.2) is 0 Å². The third kappa shape index (κ3) is 2.02. The van der Waals surface area contributed by atoms with Crippen molar-refractivity contribution in [1.82, 2.24) is 0 Å². The zero-order chi connectivity index (χ0) is 9.50. The Morgan fingerprint density at radius 2 is 1.09 bits per heavy atom. The molecular weight excluding hydrogens is 220 g/mol. The number of rotatable bonds is 0. The van der Waals surface area contributed by atoms with Gasteiger partial charge >= 0.3 is 18.3 Å². The van der Waals surface area contributed by atoms with Gasteiger partial charge in [0.1, 0.15) is 0 Å². The molecule has 0 aliphatic heterocycles. The maximum Gasteiger partial charge on any atom is 0.463 e. The van der Waals surface area contributed by atoms with Crippen molar-refractivity contribution in [3.05, 3.63) is 0 Å². The highest BCUT2D eigenvalue weighted by atomic mass is 35.7. The summed E-state index contributed by atoms with van der Waals surface area (Å²) in [6.07, 6.45) is 0. The largest absolute Gasteiger partial charge is 0.463 e. The standard InChI is InChI=1S/C2ClF6OP/c3-11(10,1(4,5)6)2(7,8)9. The molecule has 11 heavy (non-hydrogen) atoms. The van der Waals surface area contributed by atoms with Crippen LogP contribution in [0.1, 0.15) is 0 Å². The first-order chi connectivity index (χ1) is 4.50. The number of alkyl halides is 6. The average molecular weight is 220 g/mol. The predicted octanol–water partition coefficient (Wildman–Crippen LogP) is 3.54. The fourth-order valence-electron chi connectivity index (χ4n) is 0.144. The molecule has 0 N–H and O–H groups in total. The Morgan fingerprint density at radius 3 is 1.09 bits per heavy atom. The minimum absolute atomic E-state index is 3.79. The maximum absolute atomic E-state index is 11.2. The van der Waals surface area contributed by atoms with Gasteiger partial charge in [-0.05, 0) is 11.2 Å². The van der Waals surface area contributed by atoms with Crippen molar-refractivity contribution >= 4 is 17.7 Å². The molecule has 0 fully saturated rings. The van der Waals surface area contributed by atoms with Crippen molar-refractivity contribution in [3.63, 3.8) is 0 Å². The highest BCUT2D eigenvalue weighted by Crippen LogP contribution is 2.74. The van der Waals surface area contributed by atoms with Crippen molar-refractivity contribution < 1.29 is 30.9 Å². The van der Waals surface area contributed by atoms with Gasteiger partial charge in [-0.3, -0.25) is 4.57 Å². The van der Waals surface area contributed by atoms with E-state index in [-0.39, 0.29) is 0 Å². The Labute approximate surface area is 61.5 Å². The molecule has 0 aromatic rings. The predicted molar refractivity (Wildman–Crippen MR) is 25.6 cm³/mol.